The Hall–Kier alpha value is -2.56. The van der Waals surface area contributed by atoms with Gasteiger partial charge in [-0.05, 0) is 49.6 Å². The summed E-state index contributed by atoms with van der Waals surface area (Å²) in [5.41, 5.74) is 4.82. The number of hydrogen-bond acceptors (Lipinski definition) is 4. The molecular formula is C22H30N4O. The molecule has 1 N–H and O–H groups in total. The highest BCUT2D eigenvalue weighted by atomic mass is 16.1. The van der Waals surface area contributed by atoms with E-state index in [1.165, 1.54) is 16.8 Å². The van der Waals surface area contributed by atoms with Gasteiger partial charge in [-0.2, -0.15) is 0 Å². The first-order valence-electron chi connectivity index (χ1n) is 9.90. The highest BCUT2D eigenvalue weighted by molar-refractivity contribution is 5.90. The third-order valence-electron chi connectivity index (χ3n) is 5.31. The highest BCUT2D eigenvalue weighted by Gasteiger charge is 2.19. The summed E-state index contributed by atoms with van der Waals surface area (Å²) < 4.78 is 0. The number of nitrogens with zero attached hydrogens (tertiary/aromatic N) is 3. The van der Waals surface area contributed by atoms with Gasteiger partial charge in [-0.25, -0.2) is 4.98 Å². The van der Waals surface area contributed by atoms with Crippen molar-refractivity contribution in [2.75, 3.05) is 41.3 Å². The van der Waals surface area contributed by atoms with E-state index in [9.17, 15) is 4.79 Å². The third-order valence-corrected chi connectivity index (χ3v) is 5.31. The molecule has 1 fully saturated rings. The van der Waals surface area contributed by atoms with Crippen LogP contribution in [0, 0.1) is 13.8 Å². The maximum atomic E-state index is 11.8. The number of piperazine rings is 1. The molecule has 5 nitrogen and oxygen atoms in total. The third kappa shape index (κ3) is 4.79. The molecule has 0 aliphatic carbocycles. The fourth-order valence-electron chi connectivity index (χ4n) is 3.46. The standard InChI is InChI=1S/C22H30N4O/c1-4-5-9-22(27)24-19-10-11-21(23-16-19)26-14-12-25(13-15-26)20-8-6-7-17(2)18(20)3/h6-8,10-11,16H,4-5,9,12-15H2,1-3H3,(H,24,27). The summed E-state index contributed by atoms with van der Waals surface area (Å²) in [7, 11) is 0. The minimum atomic E-state index is 0.0635. The van der Waals surface area contributed by atoms with Crippen molar-refractivity contribution in [3.63, 3.8) is 0 Å². The zero-order valence-electron chi connectivity index (χ0n) is 16.7. The van der Waals surface area contributed by atoms with Crippen LogP contribution in [-0.4, -0.2) is 37.1 Å². The number of pyridine rings is 1. The number of aryl methyl sites for hydroxylation is 1. The molecule has 1 aromatic carbocycles. The molecule has 0 radical (unpaired) electrons. The summed E-state index contributed by atoms with van der Waals surface area (Å²) in [4.78, 5) is 21.2. The predicted octanol–water partition coefficient (Wildman–Crippen LogP) is 4.15. The number of rotatable bonds is 6. The number of amides is 1. The Kier molecular flexibility index (Phi) is 6.32. The van der Waals surface area contributed by atoms with Gasteiger partial charge < -0.3 is 15.1 Å². The molecule has 144 valence electrons. The number of aromatic nitrogens is 1. The Bertz CT molecular complexity index is 764. The molecule has 0 saturated carbocycles. The van der Waals surface area contributed by atoms with Gasteiger partial charge >= 0.3 is 0 Å². The number of anilines is 3. The molecule has 27 heavy (non-hydrogen) atoms. The average molecular weight is 367 g/mol. The SMILES string of the molecule is CCCCC(=O)Nc1ccc(N2CCN(c3cccc(C)c3C)CC2)nc1. The molecule has 0 bridgehead atoms. The quantitative estimate of drug-likeness (QED) is 0.834. The van der Waals surface area contributed by atoms with Crippen LogP contribution in [0.2, 0.25) is 0 Å². The molecule has 0 unspecified atom stereocenters. The summed E-state index contributed by atoms with van der Waals surface area (Å²) in [6.07, 6.45) is 4.27. The van der Waals surface area contributed by atoms with Crippen LogP contribution in [0.3, 0.4) is 0 Å². The molecular weight excluding hydrogens is 336 g/mol. The van der Waals surface area contributed by atoms with Crippen molar-refractivity contribution >= 4 is 23.1 Å². The van der Waals surface area contributed by atoms with Gasteiger partial charge in [0.25, 0.3) is 0 Å². The van der Waals surface area contributed by atoms with E-state index in [4.69, 9.17) is 0 Å². The normalized spacial score (nSPS) is 14.3. The van der Waals surface area contributed by atoms with Crippen molar-refractivity contribution in [3.05, 3.63) is 47.7 Å². The first-order valence-corrected chi connectivity index (χ1v) is 9.90. The molecule has 3 rings (SSSR count). The van der Waals surface area contributed by atoms with Gasteiger partial charge in [0.1, 0.15) is 5.82 Å². The molecule has 2 aromatic rings. The number of carbonyl (C=O) groups excluding carboxylic acids is 1. The van der Waals surface area contributed by atoms with Crippen molar-refractivity contribution in [3.8, 4) is 0 Å². The maximum Gasteiger partial charge on any atom is 0.224 e. The van der Waals surface area contributed by atoms with Crippen molar-refractivity contribution in [1.82, 2.24) is 4.98 Å². The van der Waals surface area contributed by atoms with E-state index in [2.05, 4.69) is 59.1 Å². The van der Waals surface area contributed by atoms with Crippen molar-refractivity contribution < 1.29 is 4.79 Å². The predicted molar refractivity (Wildman–Crippen MR) is 113 cm³/mol. The molecule has 1 aliphatic heterocycles. The van der Waals surface area contributed by atoms with E-state index >= 15 is 0 Å². The van der Waals surface area contributed by atoms with Crippen LogP contribution in [0.5, 0.6) is 0 Å². The maximum absolute atomic E-state index is 11.8. The molecule has 1 aromatic heterocycles. The summed E-state index contributed by atoms with van der Waals surface area (Å²) in [6.45, 7) is 10.3. The Morgan fingerprint density at radius 2 is 1.81 bits per heavy atom. The lowest BCUT2D eigenvalue weighted by Gasteiger charge is -2.37. The van der Waals surface area contributed by atoms with Gasteiger partial charge in [0.05, 0.1) is 11.9 Å². The monoisotopic (exact) mass is 366 g/mol. The molecule has 1 amide bonds. The number of unbranched alkanes of at least 4 members (excludes halogenated alkanes) is 1. The van der Waals surface area contributed by atoms with E-state index in [1.807, 2.05) is 12.1 Å². The van der Waals surface area contributed by atoms with Gasteiger partial charge in [-0.1, -0.05) is 25.5 Å². The van der Waals surface area contributed by atoms with Gasteiger partial charge in [0.15, 0.2) is 0 Å². The second kappa shape index (κ2) is 8.89. The average Bonchev–Trinajstić information content (AvgIpc) is 2.69. The molecule has 1 saturated heterocycles. The zero-order valence-corrected chi connectivity index (χ0v) is 16.7. The van der Waals surface area contributed by atoms with Crippen LogP contribution in [0.4, 0.5) is 17.2 Å². The molecule has 2 heterocycles. The highest BCUT2D eigenvalue weighted by Crippen LogP contribution is 2.25. The van der Waals surface area contributed by atoms with Crippen LogP contribution in [0.1, 0.15) is 37.3 Å². The Labute approximate surface area is 162 Å². The topological polar surface area (TPSA) is 48.5 Å². The second-order valence-electron chi connectivity index (χ2n) is 7.25. The summed E-state index contributed by atoms with van der Waals surface area (Å²) >= 11 is 0. The van der Waals surface area contributed by atoms with E-state index in [1.54, 1.807) is 6.20 Å². The van der Waals surface area contributed by atoms with Crippen LogP contribution >= 0.6 is 0 Å². The number of benzene rings is 1. The van der Waals surface area contributed by atoms with E-state index in [0.29, 0.717) is 6.42 Å². The molecule has 0 atom stereocenters. The summed E-state index contributed by atoms with van der Waals surface area (Å²) in [5, 5.41) is 2.92. The smallest absolute Gasteiger partial charge is 0.224 e. The van der Waals surface area contributed by atoms with Crippen molar-refractivity contribution in [1.29, 1.82) is 0 Å². The van der Waals surface area contributed by atoms with Crippen LogP contribution in [0.15, 0.2) is 36.5 Å². The van der Waals surface area contributed by atoms with Gasteiger partial charge in [0.2, 0.25) is 5.91 Å². The number of nitrogens with one attached hydrogen (secondary N) is 1. The summed E-state index contributed by atoms with van der Waals surface area (Å²) in [6, 6.07) is 10.5. The first kappa shape index (κ1) is 19.2. The van der Waals surface area contributed by atoms with Crippen LogP contribution in [0.25, 0.3) is 0 Å². The Balaban J connectivity index is 1.56. The van der Waals surface area contributed by atoms with E-state index in [-0.39, 0.29) is 5.91 Å². The lowest BCUT2D eigenvalue weighted by Crippen LogP contribution is -2.47. The minimum absolute atomic E-state index is 0.0635. The van der Waals surface area contributed by atoms with Crippen molar-refractivity contribution in [2.24, 2.45) is 0 Å². The van der Waals surface area contributed by atoms with Crippen LogP contribution < -0.4 is 15.1 Å². The van der Waals surface area contributed by atoms with Crippen LogP contribution in [-0.2, 0) is 4.79 Å². The van der Waals surface area contributed by atoms with E-state index < -0.39 is 0 Å². The fraction of sp³-hybridized carbons (Fsp3) is 0.455. The lowest BCUT2D eigenvalue weighted by atomic mass is 10.1. The summed E-state index contributed by atoms with van der Waals surface area (Å²) in [5.74, 6) is 1.04. The molecule has 0 spiro atoms. The van der Waals surface area contributed by atoms with Gasteiger partial charge in [-0.3, -0.25) is 4.79 Å². The first-order chi connectivity index (χ1) is 13.1. The molecule has 5 heteroatoms. The Morgan fingerprint density at radius 1 is 1.07 bits per heavy atom. The largest absolute Gasteiger partial charge is 0.368 e. The Morgan fingerprint density at radius 3 is 2.48 bits per heavy atom. The van der Waals surface area contributed by atoms with Gasteiger partial charge in [-0.15, -0.1) is 0 Å². The van der Waals surface area contributed by atoms with Crippen molar-refractivity contribution in [2.45, 2.75) is 40.0 Å². The zero-order chi connectivity index (χ0) is 19.2. The van der Waals surface area contributed by atoms with E-state index in [0.717, 1.165) is 50.5 Å². The number of carbonyl (C=O) groups is 1. The fourth-order valence-corrected chi connectivity index (χ4v) is 3.46. The molecule has 1 aliphatic rings. The number of hydrogen-bond donors (Lipinski definition) is 1. The van der Waals surface area contributed by atoms with Gasteiger partial charge in [0, 0.05) is 38.3 Å². The minimum Gasteiger partial charge on any atom is -0.368 e. The second-order valence-corrected chi connectivity index (χ2v) is 7.25. The lowest BCUT2D eigenvalue weighted by molar-refractivity contribution is -0.116.